The molecule has 0 spiro atoms. The Kier molecular flexibility index (Phi) is 3.47. The summed E-state index contributed by atoms with van der Waals surface area (Å²) in [4.78, 5) is 10.9. The highest BCUT2D eigenvalue weighted by Crippen LogP contribution is 2.20. The first kappa shape index (κ1) is 12.1. The van der Waals surface area contributed by atoms with Crippen molar-refractivity contribution < 1.29 is 0 Å². The number of nitrogens with one attached hydrogen (secondary N) is 1. The third-order valence-electron chi connectivity index (χ3n) is 3.35. The summed E-state index contributed by atoms with van der Waals surface area (Å²) < 4.78 is 0. The van der Waals surface area contributed by atoms with Gasteiger partial charge in [0.25, 0.3) is 0 Å². The molecule has 5 heteroatoms. The monoisotopic (exact) mass is 235 g/mol. The zero-order valence-corrected chi connectivity index (χ0v) is 10.8. The van der Waals surface area contributed by atoms with Gasteiger partial charge in [0.2, 0.25) is 0 Å². The van der Waals surface area contributed by atoms with Crippen molar-refractivity contribution in [3.05, 3.63) is 11.4 Å². The summed E-state index contributed by atoms with van der Waals surface area (Å²) in [5.41, 5.74) is 6.80. The predicted octanol–water partition coefficient (Wildman–Crippen LogP) is 1.18. The lowest BCUT2D eigenvalue weighted by atomic mass is 10.1. The van der Waals surface area contributed by atoms with Gasteiger partial charge in [-0.3, -0.25) is 0 Å². The van der Waals surface area contributed by atoms with E-state index in [1.54, 1.807) is 0 Å². The maximum absolute atomic E-state index is 5.85. The molecule has 2 heterocycles. The molecular formula is C12H21N5. The largest absolute Gasteiger partial charge is 0.383 e. The van der Waals surface area contributed by atoms with E-state index in [0.717, 1.165) is 43.1 Å². The van der Waals surface area contributed by atoms with Gasteiger partial charge in [-0.05, 0) is 46.8 Å². The molecule has 94 valence electrons. The molecule has 0 aromatic carbocycles. The fourth-order valence-corrected chi connectivity index (χ4v) is 2.14. The van der Waals surface area contributed by atoms with Crippen LogP contribution in [0.5, 0.6) is 0 Å². The molecule has 0 bridgehead atoms. The van der Waals surface area contributed by atoms with Gasteiger partial charge < -0.3 is 16.0 Å². The van der Waals surface area contributed by atoms with Gasteiger partial charge in [0, 0.05) is 11.6 Å². The molecule has 5 nitrogen and oxygen atoms in total. The Labute approximate surface area is 102 Å². The van der Waals surface area contributed by atoms with E-state index in [9.17, 15) is 0 Å². The van der Waals surface area contributed by atoms with Gasteiger partial charge in [0.05, 0.1) is 0 Å². The molecule has 1 aromatic rings. The highest BCUT2D eigenvalue weighted by Gasteiger charge is 2.18. The highest BCUT2D eigenvalue weighted by atomic mass is 15.1. The van der Waals surface area contributed by atoms with Crippen LogP contribution in [0.2, 0.25) is 0 Å². The zero-order valence-electron chi connectivity index (χ0n) is 10.8. The van der Waals surface area contributed by atoms with Crippen molar-refractivity contribution in [2.24, 2.45) is 0 Å². The smallest absolute Gasteiger partial charge is 0.134 e. The summed E-state index contributed by atoms with van der Waals surface area (Å²) in [7, 11) is 2.16. The minimum atomic E-state index is 0.499. The number of nitrogen functional groups attached to an aromatic ring is 1. The zero-order chi connectivity index (χ0) is 12.4. The summed E-state index contributed by atoms with van der Waals surface area (Å²) in [6.07, 6.45) is 2.30. The van der Waals surface area contributed by atoms with E-state index in [2.05, 4.69) is 27.2 Å². The van der Waals surface area contributed by atoms with Crippen molar-refractivity contribution in [3.63, 3.8) is 0 Å². The van der Waals surface area contributed by atoms with Gasteiger partial charge in [0.15, 0.2) is 0 Å². The van der Waals surface area contributed by atoms with E-state index in [4.69, 9.17) is 5.73 Å². The summed E-state index contributed by atoms with van der Waals surface area (Å²) in [6, 6.07) is 0.499. The first-order valence-corrected chi connectivity index (χ1v) is 6.12. The molecule has 0 saturated carbocycles. The van der Waals surface area contributed by atoms with Crippen LogP contribution in [0.15, 0.2) is 0 Å². The molecule has 1 aliphatic rings. The average molecular weight is 235 g/mol. The second-order valence-electron chi connectivity index (χ2n) is 4.85. The number of nitrogens with two attached hydrogens (primary N) is 1. The van der Waals surface area contributed by atoms with Crippen LogP contribution in [-0.4, -0.2) is 41.0 Å². The molecule has 1 aromatic heterocycles. The molecule has 3 N–H and O–H groups in total. The highest BCUT2D eigenvalue weighted by molar-refractivity contribution is 5.55. The van der Waals surface area contributed by atoms with Crippen LogP contribution < -0.4 is 11.1 Å². The van der Waals surface area contributed by atoms with Crippen LogP contribution in [0.4, 0.5) is 11.6 Å². The van der Waals surface area contributed by atoms with Crippen LogP contribution in [0.1, 0.15) is 24.2 Å². The lowest BCUT2D eigenvalue weighted by molar-refractivity contribution is 0.263. The summed E-state index contributed by atoms with van der Waals surface area (Å²) in [5.74, 6) is 2.20. The average Bonchev–Trinajstić information content (AvgIpc) is 2.28. The predicted molar refractivity (Wildman–Crippen MR) is 70.1 cm³/mol. The van der Waals surface area contributed by atoms with Crippen molar-refractivity contribution in [2.45, 2.75) is 32.7 Å². The molecule has 2 rings (SSSR count). The van der Waals surface area contributed by atoms with Gasteiger partial charge >= 0.3 is 0 Å². The quantitative estimate of drug-likeness (QED) is 0.805. The van der Waals surface area contributed by atoms with Crippen LogP contribution in [0.3, 0.4) is 0 Å². The summed E-state index contributed by atoms with van der Waals surface area (Å²) in [5, 5.41) is 3.49. The van der Waals surface area contributed by atoms with Crippen molar-refractivity contribution in [3.8, 4) is 0 Å². The Morgan fingerprint density at radius 1 is 1.24 bits per heavy atom. The number of aromatic nitrogens is 2. The molecule has 0 unspecified atom stereocenters. The molecule has 0 radical (unpaired) electrons. The van der Waals surface area contributed by atoms with E-state index in [1.165, 1.54) is 0 Å². The number of hydrogen-bond acceptors (Lipinski definition) is 5. The van der Waals surface area contributed by atoms with Gasteiger partial charge in [-0.1, -0.05) is 0 Å². The summed E-state index contributed by atoms with van der Waals surface area (Å²) >= 11 is 0. The number of likely N-dealkylation sites (tertiary alicyclic amines) is 1. The van der Waals surface area contributed by atoms with E-state index in [1.807, 2.05) is 13.8 Å². The molecule has 0 atom stereocenters. The van der Waals surface area contributed by atoms with Gasteiger partial charge in [-0.15, -0.1) is 0 Å². The van der Waals surface area contributed by atoms with E-state index in [0.29, 0.717) is 11.9 Å². The number of aryl methyl sites for hydroxylation is 1. The number of anilines is 2. The molecule has 1 aliphatic heterocycles. The van der Waals surface area contributed by atoms with Crippen LogP contribution >= 0.6 is 0 Å². The third-order valence-corrected chi connectivity index (χ3v) is 3.35. The minimum absolute atomic E-state index is 0.499. The Bertz CT molecular complexity index is 396. The SMILES string of the molecule is Cc1nc(N)c(C)c(NC2CCN(C)CC2)n1. The number of hydrogen-bond donors (Lipinski definition) is 2. The second-order valence-corrected chi connectivity index (χ2v) is 4.85. The Morgan fingerprint density at radius 3 is 2.53 bits per heavy atom. The van der Waals surface area contributed by atoms with Crippen LogP contribution in [0.25, 0.3) is 0 Å². The second kappa shape index (κ2) is 4.87. The molecule has 0 amide bonds. The first-order chi connectivity index (χ1) is 8.06. The third kappa shape index (κ3) is 2.85. The number of piperidine rings is 1. The topological polar surface area (TPSA) is 67.1 Å². The van der Waals surface area contributed by atoms with Crippen molar-refractivity contribution in [1.82, 2.24) is 14.9 Å². The molecule has 1 fully saturated rings. The van der Waals surface area contributed by atoms with Crippen molar-refractivity contribution >= 4 is 11.6 Å². The lowest BCUT2D eigenvalue weighted by Gasteiger charge is -2.30. The van der Waals surface area contributed by atoms with E-state index < -0.39 is 0 Å². The molecule has 0 aliphatic carbocycles. The normalized spacial score (nSPS) is 18.3. The fraction of sp³-hybridized carbons (Fsp3) is 0.667. The van der Waals surface area contributed by atoms with Gasteiger partial charge in [0.1, 0.15) is 17.5 Å². The molecule has 1 saturated heterocycles. The van der Waals surface area contributed by atoms with E-state index >= 15 is 0 Å². The molecule has 17 heavy (non-hydrogen) atoms. The molecular weight excluding hydrogens is 214 g/mol. The standard InChI is InChI=1S/C12H21N5/c1-8-11(13)14-9(2)15-12(8)16-10-4-6-17(3)7-5-10/h10H,4-7H2,1-3H3,(H3,13,14,15,16). The minimum Gasteiger partial charge on any atom is -0.383 e. The van der Waals surface area contributed by atoms with Crippen LogP contribution in [0, 0.1) is 13.8 Å². The van der Waals surface area contributed by atoms with Gasteiger partial charge in [-0.2, -0.15) is 0 Å². The first-order valence-electron chi connectivity index (χ1n) is 6.12. The van der Waals surface area contributed by atoms with Crippen molar-refractivity contribution in [1.29, 1.82) is 0 Å². The fourth-order valence-electron chi connectivity index (χ4n) is 2.14. The van der Waals surface area contributed by atoms with Crippen molar-refractivity contribution in [2.75, 3.05) is 31.2 Å². The Balaban J connectivity index is 2.08. The van der Waals surface area contributed by atoms with Crippen LogP contribution in [-0.2, 0) is 0 Å². The maximum atomic E-state index is 5.85. The number of nitrogens with zero attached hydrogens (tertiary/aromatic N) is 3. The summed E-state index contributed by atoms with van der Waals surface area (Å²) in [6.45, 7) is 6.11. The Morgan fingerprint density at radius 2 is 1.88 bits per heavy atom. The number of rotatable bonds is 2. The lowest BCUT2D eigenvalue weighted by Crippen LogP contribution is -2.37. The van der Waals surface area contributed by atoms with Gasteiger partial charge in [-0.25, -0.2) is 9.97 Å². The Hall–Kier alpha value is -1.36. The maximum Gasteiger partial charge on any atom is 0.134 e. The van der Waals surface area contributed by atoms with E-state index in [-0.39, 0.29) is 0 Å².